The van der Waals surface area contributed by atoms with Crippen LogP contribution in [0.3, 0.4) is 0 Å². The molecule has 1 N–H and O–H groups in total. The Labute approximate surface area is 164 Å². The van der Waals surface area contributed by atoms with Crippen molar-refractivity contribution in [1.82, 2.24) is 15.0 Å². The molecule has 0 radical (unpaired) electrons. The molecule has 0 bridgehead atoms. The van der Waals surface area contributed by atoms with Crippen molar-refractivity contribution in [3.8, 4) is 0 Å². The minimum atomic E-state index is -3.28. The Morgan fingerprint density at radius 1 is 1.07 bits per heavy atom. The molecular weight excluding hydrogens is 374 g/mol. The normalized spacial score (nSPS) is 17.0. The van der Waals surface area contributed by atoms with Gasteiger partial charge < -0.3 is 0 Å². The van der Waals surface area contributed by atoms with Gasteiger partial charge in [-0.05, 0) is 42.3 Å². The second-order valence-corrected chi connectivity index (χ2v) is 8.53. The first-order valence-corrected chi connectivity index (χ1v) is 10.9. The summed E-state index contributed by atoms with van der Waals surface area (Å²) in [6, 6.07) is 13.6. The third-order valence-corrected chi connectivity index (χ3v) is 5.33. The van der Waals surface area contributed by atoms with E-state index >= 15 is 0 Å². The standard InChI is InChI=1S/C20H21N5O2S/c1-3-25-20(15-6-9-17-19(12-15)22-11-10-21-17)13-18(23-25)14-4-7-16(8-5-14)24-28(2,26)27/h4-12,20,24H,3,13H2,1-2H3. The molecular formula is C20H21N5O2S. The second-order valence-electron chi connectivity index (χ2n) is 6.78. The van der Waals surface area contributed by atoms with Gasteiger partial charge in [0.15, 0.2) is 0 Å². The molecule has 0 amide bonds. The number of aromatic nitrogens is 2. The fraction of sp³-hybridized carbons (Fsp3) is 0.250. The minimum Gasteiger partial charge on any atom is -0.289 e. The third-order valence-electron chi connectivity index (χ3n) is 4.72. The molecule has 0 spiro atoms. The van der Waals surface area contributed by atoms with Crippen LogP contribution in [0.1, 0.15) is 30.5 Å². The maximum absolute atomic E-state index is 11.4. The highest BCUT2D eigenvalue weighted by molar-refractivity contribution is 7.92. The average Bonchev–Trinajstić information content (AvgIpc) is 3.11. The third kappa shape index (κ3) is 3.82. The number of nitrogens with one attached hydrogen (secondary N) is 1. The first-order chi connectivity index (χ1) is 13.4. The van der Waals surface area contributed by atoms with Gasteiger partial charge >= 0.3 is 0 Å². The Morgan fingerprint density at radius 2 is 1.79 bits per heavy atom. The van der Waals surface area contributed by atoms with Crippen molar-refractivity contribution >= 4 is 32.5 Å². The van der Waals surface area contributed by atoms with E-state index in [9.17, 15) is 8.42 Å². The number of anilines is 1. The van der Waals surface area contributed by atoms with Crippen LogP contribution >= 0.6 is 0 Å². The molecule has 0 aliphatic carbocycles. The van der Waals surface area contributed by atoms with Crippen molar-refractivity contribution < 1.29 is 8.42 Å². The lowest BCUT2D eigenvalue weighted by Crippen LogP contribution is -2.18. The molecule has 7 nitrogen and oxygen atoms in total. The van der Waals surface area contributed by atoms with Gasteiger partial charge in [-0.25, -0.2) is 8.42 Å². The molecule has 144 valence electrons. The maximum atomic E-state index is 11.4. The second kappa shape index (κ2) is 7.20. The molecule has 2 aromatic carbocycles. The number of fused-ring (bicyclic) bond motifs is 1. The van der Waals surface area contributed by atoms with Crippen LogP contribution in [0.2, 0.25) is 0 Å². The minimum absolute atomic E-state index is 0.139. The van der Waals surface area contributed by atoms with Gasteiger partial charge in [0.1, 0.15) is 0 Å². The quantitative estimate of drug-likeness (QED) is 0.717. The highest BCUT2D eigenvalue weighted by Gasteiger charge is 2.28. The van der Waals surface area contributed by atoms with E-state index in [1.54, 1.807) is 24.5 Å². The Hall–Kier alpha value is -3.00. The molecule has 1 aliphatic heterocycles. The van der Waals surface area contributed by atoms with E-state index in [0.29, 0.717) is 5.69 Å². The zero-order valence-electron chi connectivity index (χ0n) is 15.7. The number of sulfonamides is 1. The van der Waals surface area contributed by atoms with E-state index in [2.05, 4.69) is 38.8 Å². The summed E-state index contributed by atoms with van der Waals surface area (Å²) in [5, 5.41) is 6.87. The van der Waals surface area contributed by atoms with Crippen LogP contribution < -0.4 is 4.72 Å². The lowest BCUT2D eigenvalue weighted by molar-refractivity contribution is 0.246. The van der Waals surface area contributed by atoms with Gasteiger partial charge in [-0.15, -0.1) is 0 Å². The predicted octanol–water partition coefficient (Wildman–Crippen LogP) is 3.17. The van der Waals surface area contributed by atoms with E-state index in [1.165, 1.54) is 0 Å². The molecule has 1 unspecified atom stereocenters. The number of benzene rings is 2. The fourth-order valence-electron chi connectivity index (χ4n) is 3.44. The summed E-state index contributed by atoms with van der Waals surface area (Å²) in [6.45, 7) is 2.87. The fourth-order valence-corrected chi connectivity index (χ4v) is 4.01. The van der Waals surface area contributed by atoms with Gasteiger partial charge in [-0.1, -0.05) is 18.2 Å². The first-order valence-electron chi connectivity index (χ1n) is 9.06. The highest BCUT2D eigenvalue weighted by Crippen LogP contribution is 2.33. The van der Waals surface area contributed by atoms with Crippen LogP contribution in [-0.2, 0) is 10.0 Å². The Morgan fingerprint density at radius 3 is 2.46 bits per heavy atom. The monoisotopic (exact) mass is 395 g/mol. The van der Waals surface area contributed by atoms with Crippen molar-refractivity contribution in [1.29, 1.82) is 0 Å². The van der Waals surface area contributed by atoms with Gasteiger partial charge in [-0.3, -0.25) is 19.7 Å². The van der Waals surface area contributed by atoms with Gasteiger partial charge in [0.25, 0.3) is 0 Å². The molecule has 4 rings (SSSR count). The van der Waals surface area contributed by atoms with Crippen molar-refractivity contribution in [2.45, 2.75) is 19.4 Å². The lowest BCUT2D eigenvalue weighted by atomic mass is 9.98. The molecule has 1 atom stereocenters. The highest BCUT2D eigenvalue weighted by atomic mass is 32.2. The van der Waals surface area contributed by atoms with Crippen molar-refractivity contribution in [3.63, 3.8) is 0 Å². The van der Waals surface area contributed by atoms with Crippen LogP contribution in [0.25, 0.3) is 11.0 Å². The number of hydrogen-bond donors (Lipinski definition) is 1. The van der Waals surface area contributed by atoms with Gasteiger partial charge in [0, 0.05) is 31.0 Å². The summed E-state index contributed by atoms with van der Waals surface area (Å²) < 4.78 is 25.2. The molecule has 2 heterocycles. The topological polar surface area (TPSA) is 87.5 Å². The molecule has 1 aliphatic rings. The lowest BCUT2D eigenvalue weighted by Gasteiger charge is -2.22. The summed E-state index contributed by atoms with van der Waals surface area (Å²) >= 11 is 0. The zero-order chi connectivity index (χ0) is 19.7. The summed E-state index contributed by atoms with van der Waals surface area (Å²) in [6.07, 6.45) is 5.31. The van der Waals surface area contributed by atoms with Crippen LogP contribution in [0.15, 0.2) is 60.0 Å². The predicted molar refractivity (Wildman–Crippen MR) is 111 cm³/mol. The maximum Gasteiger partial charge on any atom is 0.229 e. The Bertz CT molecular complexity index is 1140. The van der Waals surface area contributed by atoms with Crippen molar-refractivity contribution in [2.24, 2.45) is 5.10 Å². The number of nitrogens with zero attached hydrogens (tertiary/aromatic N) is 4. The van der Waals surface area contributed by atoms with E-state index in [-0.39, 0.29) is 6.04 Å². The van der Waals surface area contributed by atoms with E-state index in [1.807, 2.05) is 18.2 Å². The summed E-state index contributed by atoms with van der Waals surface area (Å²) in [4.78, 5) is 8.74. The van der Waals surface area contributed by atoms with Crippen LogP contribution in [0.5, 0.6) is 0 Å². The van der Waals surface area contributed by atoms with Crippen LogP contribution in [0, 0.1) is 0 Å². The van der Waals surface area contributed by atoms with Crippen LogP contribution in [0.4, 0.5) is 5.69 Å². The van der Waals surface area contributed by atoms with Gasteiger partial charge in [0.05, 0.1) is 29.0 Å². The van der Waals surface area contributed by atoms with Gasteiger partial charge in [-0.2, -0.15) is 5.10 Å². The molecule has 0 fully saturated rings. The summed E-state index contributed by atoms with van der Waals surface area (Å²) in [7, 11) is -3.28. The van der Waals surface area contributed by atoms with Crippen LogP contribution in [-0.4, -0.2) is 41.9 Å². The zero-order valence-corrected chi connectivity index (χ0v) is 16.5. The SMILES string of the molecule is CCN1N=C(c2ccc(NS(C)(=O)=O)cc2)CC1c1ccc2nccnc2c1. The summed E-state index contributed by atoms with van der Waals surface area (Å²) in [5.74, 6) is 0. The smallest absolute Gasteiger partial charge is 0.229 e. The van der Waals surface area contributed by atoms with Crippen molar-refractivity contribution in [3.05, 3.63) is 66.0 Å². The Balaban J connectivity index is 1.58. The number of hydrazone groups is 1. The average molecular weight is 395 g/mol. The van der Waals surface area contributed by atoms with Gasteiger partial charge in [0.2, 0.25) is 10.0 Å². The number of rotatable bonds is 5. The molecule has 1 aromatic heterocycles. The van der Waals surface area contributed by atoms with E-state index in [4.69, 9.17) is 5.10 Å². The molecule has 3 aromatic rings. The summed E-state index contributed by atoms with van der Waals surface area (Å²) in [5.41, 5.74) is 5.42. The molecule has 0 saturated carbocycles. The first kappa shape index (κ1) is 18.4. The molecule has 8 heteroatoms. The van der Waals surface area contributed by atoms with Crippen molar-refractivity contribution in [2.75, 3.05) is 17.5 Å². The molecule has 0 saturated heterocycles. The van der Waals surface area contributed by atoms with E-state index in [0.717, 1.165) is 47.1 Å². The Kier molecular flexibility index (Phi) is 4.72. The molecule has 28 heavy (non-hydrogen) atoms. The largest absolute Gasteiger partial charge is 0.289 e. The van der Waals surface area contributed by atoms with E-state index < -0.39 is 10.0 Å². The number of hydrogen-bond acceptors (Lipinski definition) is 6.